The van der Waals surface area contributed by atoms with Crippen molar-refractivity contribution in [1.29, 1.82) is 0 Å². The summed E-state index contributed by atoms with van der Waals surface area (Å²) in [5.74, 6) is -0.677. The summed E-state index contributed by atoms with van der Waals surface area (Å²) in [5.41, 5.74) is -0.729. The summed E-state index contributed by atoms with van der Waals surface area (Å²) in [6.07, 6.45) is 4.82. The molecule has 0 radical (unpaired) electrons. The second-order valence-electron chi connectivity index (χ2n) is 7.34. The van der Waals surface area contributed by atoms with Crippen LogP contribution < -0.4 is 5.32 Å². The summed E-state index contributed by atoms with van der Waals surface area (Å²) in [6, 6.07) is 1.23. The van der Waals surface area contributed by atoms with Crippen molar-refractivity contribution < 1.29 is 9.90 Å². The van der Waals surface area contributed by atoms with Crippen LogP contribution in [0.2, 0.25) is 0 Å². The van der Waals surface area contributed by atoms with Gasteiger partial charge in [-0.1, -0.05) is 0 Å². The molecule has 0 aromatic carbocycles. The first-order valence-corrected chi connectivity index (χ1v) is 8.25. The molecular formula is C16H31N3O2. The minimum Gasteiger partial charge on any atom is -0.480 e. The van der Waals surface area contributed by atoms with E-state index in [-0.39, 0.29) is 6.04 Å². The van der Waals surface area contributed by atoms with Gasteiger partial charge in [-0.15, -0.1) is 0 Å². The molecule has 2 fully saturated rings. The van der Waals surface area contributed by atoms with Crippen LogP contribution in [0.3, 0.4) is 0 Å². The van der Waals surface area contributed by atoms with Crippen molar-refractivity contribution in [3.63, 3.8) is 0 Å². The van der Waals surface area contributed by atoms with Crippen LogP contribution in [-0.4, -0.2) is 71.7 Å². The zero-order chi connectivity index (χ0) is 15.6. The van der Waals surface area contributed by atoms with Gasteiger partial charge in [0.25, 0.3) is 0 Å². The van der Waals surface area contributed by atoms with E-state index in [4.69, 9.17) is 0 Å². The van der Waals surface area contributed by atoms with Gasteiger partial charge in [-0.3, -0.25) is 15.0 Å². The lowest BCUT2D eigenvalue weighted by Gasteiger charge is -2.42. The molecule has 0 spiro atoms. The molecule has 0 aromatic rings. The predicted molar refractivity (Wildman–Crippen MR) is 84.6 cm³/mol. The molecule has 1 heterocycles. The Hall–Kier alpha value is -0.650. The third-order valence-electron chi connectivity index (χ3n) is 5.14. The Balaban J connectivity index is 2.04. The van der Waals surface area contributed by atoms with Gasteiger partial charge in [-0.25, -0.2) is 0 Å². The molecule has 1 aliphatic heterocycles. The Labute approximate surface area is 128 Å². The third-order valence-corrected chi connectivity index (χ3v) is 5.14. The molecule has 0 amide bonds. The lowest BCUT2D eigenvalue weighted by atomic mass is 9.78. The quantitative estimate of drug-likeness (QED) is 0.803. The highest BCUT2D eigenvalue weighted by Crippen LogP contribution is 2.34. The van der Waals surface area contributed by atoms with Crippen LogP contribution >= 0.6 is 0 Å². The molecule has 2 rings (SSSR count). The molecule has 1 saturated heterocycles. The van der Waals surface area contributed by atoms with E-state index in [1.165, 1.54) is 6.42 Å². The van der Waals surface area contributed by atoms with E-state index in [2.05, 4.69) is 29.2 Å². The van der Waals surface area contributed by atoms with Crippen LogP contribution in [-0.2, 0) is 4.79 Å². The van der Waals surface area contributed by atoms with Crippen molar-refractivity contribution in [3.05, 3.63) is 0 Å². The first kappa shape index (κ1) is 16.7. The Morgan fingerprint density at radius 3 is 2.62 bits per heavy atom. The van der Waals surface area contributed by atoms with Crippen LogP contribution in [0.15, 0.2) is 0 Å². The molecule has 2 aliphatic rings. The molecule has 1 aliphatic carbocycles. The summed E-state index contributed by atoms with van der Waals surface area (Å²) < 4.78 is 0. The second kappa shape index (κ2) is 6.63. The molecule has 3 unspecified atom stereocenters. The largest absolute Gasteiger partial charge is 0.480 e. The fourth-order valence-corrected chi connectivity index (χ4v) is 4.02. The standard InChI is InChI=1S/C16H31N3O2/c1-12(2)17-16(15(20)21)8-5-6-13(10-16)19-9-7-14(11-19)18(3)4/h12-14,17H,5-11H2,1-4H3,(H,20,21). The molecule has 5 heteroatoms. The summed E-state index contributed by atoms with van der Waals surface area (Å²) in [6.45, 7) is 6.25. The Bertz CT molecular complexity index is 373. The smallest absolute Gasteiger partial charge is 0.323 e. The molecular weight excluding hydrogens is 266 g/mol. The maximum atomic E-state index is 11.9. The fraction of sp³-hybridized carbons (Fsp3) is 0.938. The number of rotatable bonds is 5. The van der Waals surface area contributed by atoms with Crippen molar-refractivity contribution >= 4 is 5.97 Å². The molecule has 21 heavy (non-hydrogen) atoms. The SMILES string of the molecule is CC(C)NC1(C(=O)O)CCCC(N2CCC(N(C)C)C2)C1. The minimum absolute atomic E-state index is 0.202. The van der Waals surface area contributed by atoms with Crippen molar-refractivity contribution in [1.82, 2.24) is 15.1 Å². The van der Waals surface area contributed by atoms with Gasteiger partial charge in [0, 0.05) is 31.2 Å². The number of carboxylic acid groups (broad SMARTS) is 1. The van der Waals surface area contributed by atoms with E-state index < -0.39 is 11.5 Å². The number of hydrogen-bond acceptors (Lipinski definition) is 4. The summed E-state index contributed by atoms with van der Waals surface area (Å²) in [5, 5.41) is 13.1. The summed E-state index contributed by atoms with van der Waals surface area (Å²) >= 11 is 0. The Morgan fingerprint density at radius 2 is 2.10 bits per heavy atom. The van der Waals surface area contributed by atoms with Crippen molar-refractivity contribution in [3.8, 4) is 0 Å². The zero-order valence-corrected chi connectivity index (χ0v) is 13.9. The second-order valence-corrected chi connectivity index (χ2v) is 7.34. The third kappa shape index (κ3) is 3.76. The van der Waals surface area contributed by atoms with E-state index in [9.17, 15) is 9.90 Å². The first-order chi connectivity index (χ1) is 9.84. The summed E-state index contributed by atoms with van der Waals surface area (Å²) in [7, 11) is 4.27. The van der Waals surface area contributed by atoms with E-state index in [1.807, 2.05) is 13.8 Å². The molecule has 1 saturated carbocycles. The zero-order valence-electron chi connectivity index (χ0n) is 13.9. The van der Waals surface area contributed by atoms with Gasteiger partial charge in [0.15, 0.2) is 0 Å². The van der Waals surface area contributed by atoms with E-state index in [0.717, 1.165) is 38.8 Å². The maximum Gasteiger partial charge on any atom is 0.323 e. The van der Waals surface area contributed by atoms with Crippen LogP contribution in [0.1, 0.15) is 46.0 Å². The van der Waals surface area contributed by atoms with Crippen molar-refractivity contribution in [2.75, 3.05) is 27.2 Å². The average Bonchev–Trinajstić information content (AvgIpc) is 2.87. The van der Waals surface area contributed by atoms with Crippen molar-refractivity contribution in [2.45, 2.75) is 69.6 Å². The topological polar surface area (TPSA) is 55.8 Å². The monoisotopic (exact) mass is 297 g/mol. The number of hydrogen-bond donors (Lipinski definition) is 2. The molecule has 122 valence electrons. The van der Waals surface area contributed by atoms with E-state index in [0.29, 0.717) is 12.1 Å². The van der Waals surface area contributed by atoms with Crippen LogP contribution in [0.4, 0.5) is 0 Å². The molecule has 5 nitrogen and oxygen atoms in total. The van der Waals surface area contributed by atoms with Crippen LogP contribution in [0.5, 0.6) is 0 Å². The first-order valence-electron chi connectivity index (χ1n) is 8.25. The number of nitrogens with zero attached hydrogens (tertiary/aromatic N) is 2. The number of carbonyl (C=O) groups is 1. The highest BCUT2D eigenvalue weighted by Gasteiger charge is 2.45. The minimum atomic E-state index is -0.729. The number of likely N-dealkylation sites (tertiary alicyclic amines) is 1. The molecule has 3 atom stereocenters. The Kier molecular flexibility index (Phi) is 5.28. The van der Waals surface area contributed by atoms with Gasteiger partial charge in [-0.2, -0.15) is 0 Å². The number of nitrogens with one attached hydrogen (secondary N) is 1. The number of aliphatic carboxylic acids is 1. The highest BCUT2D eigenvalue weighted by atomic mass is 16.4. The van der Waals surface area contributed by atoms with Gasteiger partial charge in [0.1, 0.15) is 5.54 Å². The number of likely N-dealkylation sites (N-methyl/N-ethyl adjacent to an activating group) is 1. The molecule has 2 N–H and O–H groups in total. The normalized spacial score (nSPS) is 34.8. The van der Waals surface area contributed by atoms with E-state index >= 15 is 0 Å². The predicted octanol–water partition coefficient (Wildman–Crippen LogP) is 1.39. The fourth-order valence-electron chi connectivity index (χ4n) is 4.02. The van der Waals surface area contributed by atoms with E-state index in [1.54, 1.807) is 0 Å². The van der Waals surface area contributed by atoms with Crippen LogP contribution in [0, 0.1) is 0 Å². The van der Waals surface area contributed by atoms with Gasteiger partial charge < -0.3 is 10.0 Å². The summed E-state index contributed by atoms with van der Waals surface area (Å²) in [4.78, 5) is 16.7. The van der Waals surface area contributed by atoms with Crippen molar-refractivity contribution in [2.24, 2.45) is 0 Å². The highest BCUT2D eigenvalue weighted by molar-refractivity contribution is 5.79. The lowest BCUT2D eigenvalue weighted by molar-refractivity contribution is -0.147. The van der Waals surface area contributed by atoms with Gasteiger partial charge in [-0.05, 0) is 60.0 Å². The molecule has 0 bridgehead atoms. The van der Waals surface area contributed by atoms with Gasteiger partial charge in [0.2, 0.25) is 0 Å². The number of carboxylic acids is 1. The molecule has 0 aromatic heterocycles. The Morgan fingerprint density at radius 1 is 1.38 bits per heavy atom. The van der Waals surface area contributed by atoms with Crippen LogP contribution in [0.25, 0.3) is 0 Å². The van der Waals surface area contributed by atoms with Gasteiger partial charge >= 0.3 is 5.97 Å². The van der Waals surface area contributed by atoms with Gasteiger partial charge in [0.05, 0.1) is 0 Å². The lowest BCUT2D eigenvalue weighted by Crippen LogP contribution is -2.60. The maximum absolute atomic E-state index is 11.9. The average molecular weight is 297 g/mol.